The van der Waals surface area contributed by atoms with Crippen LogP contribution >= 0.6 is 7.60 Å². The first-order valence-electron chi connectivity index (χ1n) is 4.73. The van der Waals surface area contributed by atoms with Gasteiger partial charge in [-0.25, -0.2) is 4.98 Å². The van der Waals surface area contributed by atoms with Crippen molar-refractivity contribution in [3.8, 4) is 5.88 Å². The van der Waals surface area contributed by atoms with E-state index in [-0.39, 0.29) is 19.2 Å². The Morgan fingerprint density at radius 1 is 1.41 bits per heavy atom. The summed E-state index contributed by atoms with van der Waals surface area (Å²) in [5.41, 5.74) is 6.08. The molecule has 9 heteroatoms. The van der Waals surface area contributed by atoms with E-state index in [2.05, 4.69) is 9.97 Å². The molecule has 0 atom stereocenters. The third kappa shape index (κ3) is 6.18. The van der Waals surface area contributed by atoms with E-state index in [1.807, 2.05) is 0 Å². The van der Waals surface area contributed by atoms with E-state index in [0.717, 1.165) is 0 Å². The van der Waals surface area contributed by atoms with Gasteiger partial charge in [-0.2, -0.15) is 4.98 Å². The number of anilines is 1. The largest absolute Gasteiger partial charge is 0.475 e. The van der Waals surface area contributed by atoms with E-state index in [9.17, 15) is 4.57 Å². The van der Waals surface area contributed by atoms with Crippen LogP contribution in [0.1, 0.15) is 5.69 Å². The molecule has 0 saturated carbocycles. The average molecular weight is 263 g/mol. The second-order valence-electron chi connectivity index (χ2n) is 3.26. The molecule has 1 heterocycles. The number of nitrogens with zero attached hydrogens (tertiary/aromatic N) is 2. The molecular formula is C8H14N3O5P. The lowest BCUT2D eigenvalue weighted by molar-refractivity contribution is 0.118. The molecule has 1 rings (SSSR count). The summed E-state index contributed by atoms with van der Waals surface area (Å²) in [6.45, 7) is 1.92. The van der Waals surface area contributed by atoms with Gasteiger partial charge in [0, 0.05) is 11.8 Å². The summed E-state index contributed by atoms with van der Waals surface area (Å²) in [6.07, 6.45) is -0.624. The van der Waals surface area contributed by atoms with Crippen LogP contribution in [0, 0.1) is 6.92 Å². The Balaban J connectivity index is 2.29. The van der Waals surface area contributed by atoms with E-state index >= 15 is 0 Å². The summed E-state index contributed by atoms with van der Waals surface area (Å²) in [6, 6.07) is 1.60. The Labute approximate surface area is 97.9 Å². The predicted octanol–water partition coefficient (Wildman–Crippen LogP) is -0.102. The molecule has 0 aliphatic heterocycles. The van der Waals surface area contributed by atoms with E-state index in [1.165, 1.54) is 0 Å². The third-order valence-electron chi connectivity index (χ3n) is 1.59. The maximum absolute atomic E-state index is 10.4. The van der Waals surface area contributed by atoms with Gasteiger partial charge < -0.3 is 25.0 Å². The van der Waals surface area contributed by atoms with Gasteiger partial charge in [-0.15, -0.1) is 0 Å². The van der Waals surface area contributed by atoms with Crippen LogP contribution in [0.2, 0.25) is 0 Å². The summed E-state index contributed by atoms with van der Waals surface area (Å²) in [4.78, 5) is 24.7. The van der Waals surface area contributed by atoms with Crippen molar-refractivity contribution < 1.29 is 23.8 Å². The Kier molecular flexibility index (Phi) is 4.83. The number of hydrogen-bond acceptors (Lipinski definition) is 6. The zero-order valence-electron chi connectivity index (χ0n) is 9.24. The molecule has 1 aromatic rings. The molecule has 1 aromatic heterocycles. The number of nitrogen functional groups attached to an aromatic ring is 1. The van der Waals surface area contributed by atoms with Crippen molar-refractivity contribution in [3.63, 3.8) is 0 Å². The fourth-order valence-corrected chi connectivity index (χ4v) is 1.39. The highest BCUT2D eigenvalue weighted by Crippen LogP contribution is 2.33. The number of aryl methyl sites for hydroxylation is 1. The lowest BCUT2D eigenvalue weighted by atomic mass is 10.4. The van der Waals surface area contributed by atoms with E-state index in [4.69, 9.17) is 25.0 Å². The van der Waals surface area contributed by atoms with Gasteiger partial charge in [0.2, 0.25) is 11.8 Å². The molecule has 0 aromatic carbocycles. The van der Waals surface area contributed by atoms with Crippen molar-refractivity contribution in [2.45, 2.75) is 6.92 Å². The first-order chi connectivity index (χ1) is 7.87. The van der Waals surface area contributed by atoms with E-state index in [1.54, 1.807) is 13.0 Å². The zero-order valence-corrected chi connectivity index (χ0v) is 10.1. The van der Waals surface area contributed by atoms with Gasteiger partial charge in [0.25, 0.3) is 0 Å². The Hall–Kier alpha value is -1.21. The number of nitrogens with two attached hydrogens (primary N) is 1. The van der Waals surface area contributed by atoms with Crippen LogP contribution in [0.4, 0.5) is 5.95 Å². The number of aromatic nitrogens is 2. The third-order valence-corrected chi connectivity index (χ3v) is 2.10. The molecular weight excluding hydrogens is 249 g/mol. The van der Waals surface area contributed by atoms with E-state index in [0.29, 0.717) is 11.6 Å². The minimum atomic E-state index is -4.12. The minimum Gasteiger partial charge on any atom is -0.475 e. The van der Waals surface area contributed by atoms with Crippen molar-refractivity contribution in [2.24, 2.45) is 0 Å². The van der Waals surface area contributed by atoms with Crippen molar-refractivity contribution in [1.29, 1.82) is 0 Å². The van der Waals surface area contributed by atoms with Crippen molar-refractivity contribution in [3.05, 3.63) is 11.8 Å². The van der Waals surface area contributed by atoms with Gasteiger partial charge in [0.15, 0.2) is 0 Å². The lowest BCUT2D eigenvalue weighted by Crippen LogP contribution is -2.09. The van der Waals surface area contributed by atoms with E-state index < -0.39 is 13.9 Å². The molecule has 0 bridgehead atoms. The number of ether oxygens (including phenoxy) is 2. The summed E-state index contributed by atoms with van der Waals surface area (Å²) >= 11 is 0. The van der Waals surface area contributed by atoms with Crippen LogP contribution in [0.25, 0.3) is 0 Å². The molecule has 8 nitrogen and oxygen atoms in total. The standard InChI is InChI=1S/C8H14N3O5P/c1-6-4-7(11-8(9)10-6)16-3-2-15-5-17(12,13)14/h4H,2-3,5H2,1H3,(H2,9,10,11)(H2,12,13,14). The monoisotopic (exact) mass is 263 g/mol. The summed E-state index contributed by atoms with van der Waals surface area (Å²) in [5, 5.41) is 0. The van der Waals surface area contributed by atoms with Crippen LogP contribution in [0.5, 0.6) is 5.88 Å². The normalized spacial score (nSPS) is 11.5. The van der Waals surface area contributed by atoms with Gasteiger partial charge in [0.1, 0.15) is 13.0 Å². The first kappa shape index (κ1) is 13.9. The second-order valence-corrected chi connectivity index (χ2v) is 4.84. The Bertz CT molecular complexity index is 401. The maximum Gasteiger partial charge on any atom is 0.350 e. The minimum absolute atomic E-state index is 0.0497. The summed E-state index contributed by atoms with van der Waals surface area (Å²) in [5.74, 6) is 0.408. The molecule has 0 amide bonds. The SMILES string of the molecule is Cc1cc(OCCOCP(=O)(O)O)nc(N)n1. The van der Waals surface area contributed by atoms with Crippen LogP contribution in [0.3, 0.4) is 0 Å². The highest BCUT2D eigenvalue weighted by Gasteiger charge is 2.12. The van der Waals surface area contributed by atoms with Crippen LogP contribution in [0.15, 0.2) is 6.07 Å². The topological polar surface area (TPSA) is 128 Å². The molecule has 0 fully saturated rings. The lowest BCUT2D eigenvalue weighted by Gasteiger charge is -2.07. The van der Waals surface area contributed by atoms with Crippen molar-refractivity contribution in [2.75, 3.05) is 25.3 Å². The fraction of sp³-hybridized carbons (Fsp3) is 0.500. The van der Waals surface area contributed by atoms with Gasteiger partial charge in [-0.3, -0.25) is 4.57 Å². The smallest absolute Gasteiger partial charge is 0.350 e. The zero-order chi connectivity index (χ0) is 12.9. The van der Waals surface area contributed by atoms with Crippen LogP contribution in [-0.2, 0) is 9.30 Å². The summed E-state index contributed by atoms with van der Waals surface area (Å²) < 4.78 is 20.3. The molecule has 0 aliphatic carbocycles. The molecule has 96 valence electrons. The molecule has 0 aliphatic rings. The maximum atomic E-state index is 10.4. The predicted molar refractivity (Wildman–Crippen MR) is 59.5 cm³/mol. The second kappa shape index (κ2) is 5.92. The van der Waals surface area contributed by atoms with Gasteiger partial charge in [-0.1, -0.05) is 0 Å². The molecule has 0 radical (unpaired) electrons. The molecule has 17 heavy (non-hydrogen) atoms. The molecule has 0 spiro atoms. The van der Waals surface area contributed by atoms with Gasteiger partial charge in [-0.05, 0) is 6.92 Å². The number of rotatable bonds is 6. The van der Waals surface area contributed by atoms with Crippen molar-refractivity contribution in [1.82, 2.24) is 9.97 Å². The Morgan fingerprint density at radius 3 is 2.71 bits per heavy atom. The Morgan fingerprint density at radius 2 is 2.12 bits per heavy atom. The molecule has 4 N–H and O–H groups in total. The fourth-order valence-electron chi connectivity index (χ4n) is 1.02. The van der Waals surface area contributed by atoms with Crippen molar-refractivity contribution >= 4 is 13.5 Å². The molecule has 0 unspecified atom stereocenters. The number of hydrogen-bond donors (Lipinski definition) is 3. The van der Waals surface area contributed by atoms with Gasteiger partial charge in [0.05, 0.1) is 6.61 Å². The van der Waals surface area contributed by atoms with Crippen LogP contribution < -0.4 is 10.5 Å². The highest BCUT2D eigenvalue weighted by molar-refractivity contribution is 7.51. The molecule has 0 saturated heterocycles. The highest BCUT2D eigenvalue weighted by atomic mass is 31.2. The average Bonchev–Trinajstić information content (AvgIpc) is 2.13. The van der Waals surface area contributed by atoms with Crippen LogP contribution in [-0.4, -0.2) is 39.3 Å². The quantitative estimate of drug-likeness (QED) is 0.479. The van der Waals surface area contributed by atoms with Gasteiger partial charge >= 0.3 is 7.60 Å². The summed E-state index contributed by atoms with van der Waals surface area (Å²) in [7, 11) is -4.12. The first-order valence-corrected chi connectivity index (χ1v) is 6.53.